The van der Waals surface area contributed by atoms with Crippen LogP contribution in [0.5, 0.6) is 0 Å². The van der Waals surface area contributed by atoms with Crippen LogP contribution in [0.25, 0.3) is 0 Å². The van der Waals surface area contributed by atoms with Crippen LogP contribution >= 0.6 is 0 Å². The number of amides is 1. The maximum absolute atomic E-state index is 12.6. The number of ether oxygens (including phenoxy) is 1. The van der Waals surface area contributed by atoms with E-state index in [2.05, 4.69) is 16.4 Å². The Kier molecular flexibility index (Phi) is 5.93. The lowest BCUT2D eigenvalue weighted by Crippen LogP contribution is -2.40. The third-order valence-electron chi connectivity index (χ3n) is 4.63. The Bertz CT molecular complexity index is 733. The van der Waals surface area contributed by atoms with Crippen molar-refractivity contribution in [1.82, 2.24) is 14.6 Å². The number of carbonyl (C=O) groups excluding carboxylic acids is 1. The van der Waals surface area contributed by atoms with Gasteiger partial charge in [0.1, 0.15) is 10.6 Å². The molecule has 1 saturated heterocycles. The second kappa shape index (κ2) is 8.16. The fourth-order valence-electron chi connectivity index (χ4n) is 3.15. The number of nitrogens with one attached hydrogen (secondary N) is 2. The zero-order chi connectivity index (χ0) is 17.7. The molecule has 2 N–H and O–H groups in total. The smallest absolute Gasteiger partial charge is 0.267 e. The van der Waals surface area contributed by atoms with E-state index in [1.807, 2.05) is 0 Å². The van der Waals surface area contributed by atoms with Crippen molar-refractivity contribution in [2.45, 2.75) is 37.0 Å². The van der Waals surface area contributed by atoms with Gasteiger partial charge in [-0.3, -0.25) is 4.79 Å². The van der Waals surface area contributed by atoms with Gasteiger partial charge in [-0.2, -0.15) is 4.31 Å². The van der Waals surface area contributed by atoms with E-state index in [-0.39, 0.29) is 16.5 Å². The molecule has 0 bridgehead atoms. The molecule has 138 valence electrons. The van der Waals surface area contributed by atoms with Gasteiger partial charge >= 0.3 is 0 Å². The average molecular weight is 367 g/mol. The maximum atomic E-state index is 12.6. The number of nitrogens with zero attached hydrogens (tertiary/aromatic N) is 1. The first-order chi connectivity index (χ1) is 12.1. The van der Waals surface area contributed by atoms with E-state index in [4.69, 9.17) is 4.74 Å². The van der Waals surface area contributed by atoms with Crippen molar-refractivity contribution in [2.75, 3.05) is 32.8 Å². The summed E-state index contributed by atoms with van der Waals surface area (Å²) in [5, 5.41) is 2.85. The summed E-state index contributed by atoms with van der Waals surface area (Å²) in [4.78, 5) is 15.1. The highest BCUT2D eigenvalue weighted by atomic mass is 32.2. The lowest BCUT2D eigenvalue weighted by molar-refractivity contribution is 0.0730. The number of aromatic nitrogens is 1. The van der Waals surface area contributed by atoms with Gasteiger partial charge in [0.05, 0.1) is 13.2 Å². The lowest BCUT2D eigenvalue weighted by atomic mass is 9.97. The van der Waals surface area contributed by atoms with Crippen molar-refractivity contribution in [3.05, 3.63) is 29.6 Å². The Labute approximate surface area is 148 Å². The summed E-state index contributed by atoms with van der Waals surface area (Å²) in [5.41, 5.74) is 1.66. The van der Waals surface area contributed by atoms with E-state index in [0.717, 1.165) is 19.3 Å². The number of aromatic amines is 1. The summed E-state index contributed by atoms with van der Waals surface area (Å²) < 4.78 is 31.7. The molecule has 25 heavy (non-hydrogen) atoms. The number of sulfonamides is 1. The van der Waals surface area contributed by atoms with Crippen LogP contribution in [0.15, 0.2) is 28.8 Å². The summed E-state index contributed by atoms with van der Waals surface area (Å²) in [6, 6.07) is 1.40. The standard InChI is InChI=1S/C17H25N3O4S/c21-17(18-7-6-14-4-2-1-3-5-14)16-12-15(13-19-16)25(22,23)20-8-10-24-11-9-20/h4,12-13,19H,1-3,5-11H2,(H,18,21). The summed E-state index contributed by atoms with van der Waals surface area (Å²) in [6.07, 6.45) is 9.20. The van der Waals surface area contributed by atoms with Gasteiger partial charge in [-0.15, -0.1) is 0 Å². The largest absolute Gasteiger partial charge is 0.379 e. The highest BCUT2D eigenvalue weighted by Crippen LogP contribution is 2.20. The maximum Gasteiger partial charge on any atom is 0.267 e. The third-order valence-corrected chi connectivity index (χ3v) is 6.50. The van der Waals surface area contributed by atoms with Crippen LogP contribution in [-0.4, -0.2) is 56.5 Å². The number of carbonyl (C=O) groups is 1. The molecule has 1 fully saturated rings. The second-order valence-corrected chi connectivity index (χ2v) is 8.32. The van der Waals surface area contributed by atoms with Gasteiger partial charge < -0.3 is 15.0 Å². The molecule has 1 aromatic rings. The predicted octanol–water partition coefficient (Wildman–Crippen LogP) is 1.66. The van der Waals surface area contributed by atoms with Crippen LogP contribution < -0.4 is 5.32 Å². The molecule has 0 spiro atoms. The Morgan fingerprint density at radius 2 is 2.08 bits per heavy atom. The number of allylic oxidation sites excluding steroid dienone is 1. The molecule has 0 saturated carbocycles. The first kappa shape index (κ1) is 18.2. The molecule has 0 unspecified atom stereocenters. The molecule has 0 atom stereocenters. The van der Waals surface area contributed by atoms with Crippen molar-refractivity contribution in [2.24, 2.45) is 0 Å². The summed E-state index contributed by atoms with van der Waals surface area (Å²) in [6.45, 7) is 2.03. The van der Waals surface area contributed by atoms with Crippen molar-refractivity contribution in [1.29, 1.82) is 0 Å². The minimum Gasteiger partial charge on any atom is -0.379 e. The third kappa shape index (κ3) is 4.50. The zero-order valence-corrected chi connectivity index (χ0v) is 15.1. The fraction of sp³-hybridized carbons (Fsp3) is 0.588. The Morgan fingerprint density at radius 1 is 1.28 bits per heavy atom. The van der Waals surface area contributed by atoms with Gasteiger partial charge in [0, 0.05) is 25.8 Å². The van der Waals surface area contributed by atoms with E-state index in [0.29, 0.717) is 32.8 Å². The van der Waals surface area contributed by atoms with Crippen LogP contribution in [0, 0.1) is 0 Å². The molecule has 0 radical (unpaired) electrons. The van der Waals surface area contributed by atoms with Crippen molar-refractivity contribution in [3.63, 3.8) is 0 Å². The molecular formula is C17H25N3O4S. The van der Waals surface area contributed by atoms with Gasteiger partial charge in [0.25, 0.3) is 5.91 Å². The minimum atomic E-state index is -3.58. The van der Waals surface area contributed by atoms with Crippen LogP contribution in [0.2, 0.25) is 0 Å². The Balaban J connectivity index is 1.56. The van der Waals surface area contributed by atoms with Gasteiger partial charge in [-0.05, 0) is 38.2 Å². The molecule has 7 nitrogen and oxygen atoms in total. The van der Waals surface area contributed by atoms with E-state index < -0.39 is 10.0 Å². The quantitative estimate of drug-likeness (QED) is 0.748. The Morgan fingerprint density at radius 3 is 2.80 bits per heavy atom. The van der Waals surface area contributed by atoms with Crippen molar-refractivity contribution < 1.29 is 17.9 Å². The zero-order valence-electron chi connectivity index (χ0n) is 14.3. The normalized spacial score (nSPS) is 19.4. The average Bonchev–Trinajstić information content (AvgIpc) is 3.14. The highest BCUT2D eigenvalue weighted by Gasteiger charge is 2.27. The summed E-state index contributed by atoms with van der Waals surface area (Å²) in [5.74, 6) is -0.278. The molecular weight excluding hydrogens is 342 g/mol. The minimum absolute atomic E-state index is 0.120. The number of H-pyrrole nitrogens is 1. The topological polar surface area (TPSA) is 91.5 Å². The molecule has 3 rings (SSSR count). The predicted molar refractivity (Wildman–Crippen MR) is 93.9 cm³/mol. The highest BCUT2D eigenvalue weighted by molar-refractivity contribution is 7.89. The number of hydrogen-bond donors (Lipinski definition) is 2. The molecule has 8 heteroatoms. The summed E-state index contributed by atoms with van der Waals surface area (Å²) in [7, 11) is -3.58. The first-order valence-electron chi connectivity index (χ1n) is 8.80. The fourth-order valence-corrected chi connectivity index (χ4v) is 4.56. The molecule has 2 heterocycles. The number of morpholine rings is 1. The van der Waals surface area contributed by atoms with Gasteiger partial charge in [-0.1, -0.05) is 11.6 Å². The molecule has 1 aliphatic carbocycles. The Hall–Kier alpha value is -1.64. The van der Waals surface area contributed by atoms with Crippen LogP contribution in [-0.2, 0) is 14.8 Å². The first-order valence-corrected chi connectivity index (χ1v) is 10.2. The van der Waals surface area contributed by atoms with Crippen LogP contribution in [0.3, 0.4) is 0 Å². The molecule has 1 aromatic heterocycles. The van der Waals surface area contributed by atoms with Gasteiger partial charge in [-0.25, -0.2) is 8.42 Å². The number of hydrogen-bond acceptors (Lipinski definition) is 4. The van der Waals surface area contributed by atoms with E-state index in [9.17, 15) is 13.2 Å². The molecule has 2 aliphatic rings. The van der Waals surface area contributed by atoms with E-state index in [1.165, 1.54) is 35.0 Å². The monoisotopic (exact) mass is 367 g/mol. The van der Waals surface area contributed by atoms with Crippen molar-refractivity contribution >= 4 is 15.9 Å². The van der Waals surface area contributed by atoms with E-state index >= 15 is 0 Å². The van der Waals surface area contributed by atoms with Gasteiger partial charge in [0.15, 0.2) is 0 Å². The number of rotatable bonds is 6. The van der Waals surface area contributed by atoms with Gasteiger partial charge in [0.2, 0.25) is 10.0 Å². The van der Waals surface area contributed by atoms with E-state index in [1.54, 1.807) is 0 Å². The molecule has 1 aliphatic heterocycles. The van der Waals surface area contributed by atoms with Crippen LogP contribution in [0.1, 0.15) is 42.6 Å². The van der Waals surface area contributed by atoms with Crippen molar-refractivity contribution in [3.8, 4) is 0 Å². The molecule has 1 amide bonds. The second-order valence-electron chi connectivity index (χ2n) is 6.38. The lowest BCUT2D eigenvalue weighted by Gasteiger charge is -2.25. The SMILES string of the molecule is O=C(NCCC1=CCCCC1)c1cc(S(=O)(=O)N2CCOCC2)c[nH]1. The summed E-state index contributed by atoms with van der Waals surface area (Å²) >= 11 is 0. The van der Waals surface area contributed by atoms with Crippen LogP contribution in [0.4, 0.5) is 0 Å². The molecule has 0 aromatic carbocycles.